The van der Waals surface area contributed by atoms with E-state index in [2.05, 4.69) is 10.6 Å². The van der Waals surface area contributed by atoms with Gasteiger partial charge in [0.2, 0.25) is 5.91 Å². The van der Waals surface area contributed by atoms with Crippen molar-refractivity contribution in [3.63, 3.8) is 0 Å². The number of carbonyl (C=O) groups excluding carboxylic acids is 1. The van der Waals surface area contributed by atoms with Crippen LogP contribution in [0.4, 0.5) is 0 Å². The third-order valence-electron chi connectivity index (χ3n) is 2.34. The molecule has 0 spiro atoms. The molecule has 0 bridgehead atoms. The fraction of sp³-hybridized carbons (Fsp3) is 0.417. The highest BCUT2D eigenvalue weighted by atomic mass is 35.5. The van der Waals surface area contributed by atoms with Crippen LogP contribution in [0.5, 0.6) is 0 Å². The van der Waals surface area contributed by atoms with E-state index in [-0.39, 0.29) is 11.9 Å². The third-order valence-corrected chi connectivity index (χ3v) is 3.08. The first-order chi connectivity index (χ1) is 8.04. The summed E-state index contributed by atoms with van der Waals surface area (Å²) < 4.78 is 0. The zero-order chi connectivity index (χ0) is 12.8. The molecular formula is C12H16Cl2N2O. The molecule has 94 valence electrons. The maximum Gasteiger partial charge on any atom is 0.236 e. The van der Waals surface area contributed by atoms with E-state index in [0.29, 0.717) is 23.1 Å². The molecule has 2 N–H and O–H groups in total. The van der Waals surface area contributed by atoms with Gasteiger partial charge in [-0.3, -0.25) is 4.79 Å². The Bertz CT molecular complexity index is 396. The van der Waals surface area contributed by atoms with Gasteiger partial charge in [-0.15, -0.1) is 0 Å². The molecule has 1 atom stereocenters. The molecule has 0 saturated carbocycles. The van der Waals surface area contributed by atoms with Gasteiger partial charge in [-0.1, -0.05) is 29.3 Å². The van der Waals surface area contributed by atoms with E-state index in [1.54, 1.807) is 12.1 Å². The summed E-state index contributed by atoms with van der Waals surface area (Å²) in [5.41, 5.74) is 0.996. The van der Waals surface area contributed by atoms with Crippen LogP contribution in [0, 0.1) is 0 Å². The van der Waals surface area contributed by atoms with Crippen LogP contribution in [0.25, 0.3) is 0 Å². The van der Waals surface area contributed by atoms with Gasteiger partial charge in [-0.05, 0) is 31.5 Å². The molecule has 1 unspecified atom stereocenters. The van der Waals surface area contributed by atoms with E-state index in [1.165, 1.54) is 0 Å². The van der Waals surface area contributed by atoms with E-state index in [9.17, 15) is 4.79 Å². The number of halogens is 2. The average Bonchev–Trinajstić information content (AvgIpc) is 2.30. The number of carbonyl (C=O) groups is 1. The highest BCUT2D eigenvalue weighted by Gasteiger charge is 2.10. The fourth-order valence-electron chi connectivity index (χ4n) is 1.34. The van der Waals surface area contributed by atoms with Crippen LogP contribution in [0.1, 0.15) is 19.4 Å². The molecule has 0 aliphatic carbocycles. The molecule has 3 nitrogen and oxygen atoms in total. The molecule has 17 heavy (non-hydrogen) atoms. The summed E-state index contributed by atoms with van der Waals surface area (Å²) in [5.74, 6) is -0.00689. The smallest absolute Gasteiger partial charge is 0.236 e. The van der Waals surface area contributed by atoms with Gasteiger partial charge in [0.15, 0.2) is 0 Å². The number of amides is 1. The molecule has 5 heteroatoms. The maximum atomic E-state index is 11.5. The summed E-state index contributed by atoms with van der Waals surface area (Å²) in [6.45, 7) is 4.93. The van der Waals surface area contributed by atoms with Crippen LogP contribution in [0.3, 0.4) is 0 Å². The molecule has 0 aromatic heterocycles. The van der Waals surface area contributed by atoms with E-state index < -0.39 is 0 Å². The minimum absolute atomic E-state index is 0.00689. The lowest BCUT2D eigenvalue weighted by atomic mass is 10.2. The summed E-state index contributed by atoms with van der Waals surface area (Å²) in [6.07, 6.45) is 0. The lowest BCUT2D eigenvalue weighted by Crippen LogP contribution is -2.41. The van der Waals surface area contributed by atoms with Crippen LogP contribution < -0.4 is 10.6 Å². The molecule has 0 radical (unpaired) electrons. The van der Waals surface area contributed by atoms with Gasteiger partial charge in [0.25, 0.3) is 0 Å². The number of nitrogens with one attached hydrogen (secondary N) is 2. The second-order valence-electron chi connectivity index (χ2n) is 3.75. The second kappa shape index (κ2) is 6.84. The van der Waals surface area contributed by atoms with Gasteiger partial charge in [-0.25, -0.2) is 0 Å². The van der Waals surface area contributed by atoms with Crippen molar-refractivity contribution >= 4 is 29.1 Å². The Morgan fingerprint density at radius 2 is 2.06 bits per heavy atom. The summed E-state index contributed by atoms with van der Waals surface area (Å²) in [7, 11) is 0. The van der Waals surface area contributed by atoms with E-state index in [1.807, 2.05) is 19.9 Å². The number of hydrogen-bond donors (Lipinski definition) is 2. The van der Waals surface area contributed by atoms with Gasteiger partial charge in [0, 0.05) is 13.1 Å². The molecule has 1 aromatic carbocycles. The molecule has 1 rings (SSSR count). The van der Waals surface area contributed by atoms with Gasteiger partial charge in [0.1, 0.15) is 0 Å². The molecule has 0 aliphatic heterocycles. The van der Waals surface area contributed by atoms with Crippen LogP contribution in [0.15, 0.2) is 18.2 Å². The van der Waals surface area contributed by atoms with Gasteiger partial charge < -0.3 is 10.6 Å². The van der Waals surface area contributed by atoms with Crippen molar-refractivity contribution in [1.82, 2.24) is 10.6 Å². The molecular weight excluding hydrogens is 259 g/mol. The van der Waals surface area contributed by atoms with E-state index in [0.717, 1.165) is 5.56 Å². The Balaban J connectivity index is 2.50. The van der Waals surface area contributed by atoms with Gasteiger partial charge in [0.05, 0.1) is 16.1 Å². The fourth-order valence-corrected chi connectivity index (χ4v) is 1.66. The second-order valence-corrected chi connectivity index (χ2v) is 4.56. The SMILES string of the molecule is CCNC(=O)C(C)NCc1ccc(Cl)c(Cl)c1. The lowest BCUT2D eigenvalue weighted by Gasteiger charge is -2.13. The number of likely N-dealkylation sites (N-methyl/N-ethyl adjacent to an activating group) is 1. The number of rotatable bonds is 5. The lowest BCUT2D eigenvalue weighted by molar-refractivity contribution is -0.122. The highest BCUT2D eigenvalue weighted by Crippen LogP contribution is 2.22. The average molecular weight is 275 g/mol. The molecule has 0 aliphatic rings. The summed E-state index contributed by atoms with van der Waals surface area (Å²) in [5, 5.41) is 6.93. The monoisotopic (exact) mass is 274 g/mol. The Kier molecular flexibility index (Phi) is 5.75. The quantitative estimate of drug-likeness (QED) is 0.867. The van der Waals surface area contributed by atoms with E-state index in [4.69, 9.17) is 23.2 Å². The Hall–Kier alpha value is -0.770. The van der Waals surface area contributed by atoms with Crippen molar-refractivity contribution in [2.24, 2.45) is 0 Å². The molecule has 0 saturated heterocycles. The summed E-state index contributed by atoms with van der Waals surface area (Å²) in [4.78, 5) is 11.5. The first-order valence-electron chi connectivity index (χ1n) is 5.49. The normalized spacial score (nSPS) is 12.2. The van der Waals surface area contributed by atoms with Crippen molar-refractivity contribution in [3.8, 4) is 0 Å². The van der Waals surface area contributed by atoms with Crippen LogP contribution in [-0.2, 0) is 11.3 Å². The van der Waals surface area contributed by atoms with Crippen molar-refractivity contribution in [1.29, 1.82) is 0 Å². The maximum absolute atomic E-state index is 11.5. The molecule has 1 aromatic rings. The van der Waals surface area contributed by atoms with Crippen molar-refractivity contribution < 1.29 is 4.79 Å². The Morgan fingerprint density at radius 3 is 2.65 bits per heavy atom. The zero-order valence-electron chi connectivity index (χ0n) is 9.89. The number of hydrogen-bond acceptors (Lipinski definition) is 2. The first kappa shape index (κ1) is 14.3. The molecule has 1 amide bonds. The largest absolute Gasteiger partial charge is 0.355 e. The van der Waals surface area contributed by atoms with Crippen molar-refractivity contribution in [3.05, 3.63) is 33.8 Å². The molecule has 0 heterocycles. The van der Waals surface area contributed by atoms with Crippen molar-refractivity contribution in [2.75, 3.05) is 6.54 Å². The van der Waals surface area contributed by atoms with E-state index >= 15 is 0 Å². The summed E-state index contributed by atoms with van der Waals surface area (Å²) in [6, 6.07) is 5.19. The van der Waals surface area contributed by atoms with Crippen molar-refractivity contribution in [2.45, 2.75) is 26.4 Å². The predicted octanol–water partition coefficient (Wildman–Crippen LogP) is 2.61. The standard InChI is InChI=1S/C12H16Cl2N2O/c1-3-15-12(17)8(2)16-7-9-4-5-10(13)11(14)6-9/h4-6,8,16H,3,7H2,1-2H3,(H,15,17). The van der Waals surface area contributed by atoms with Crippen LogP contribution >= 0.6 is 23.2 Å². The first-order valence-corrected chi connectivity index (χ1v) is 6.25. The highest BCUT2D eigenvalue weighted by molar-refractivity contribution is 6.42. The minimum atomic E-state index is -0.232. The minimum Gasteiger partial charge on any atom is -0.355 e. The summed E-state index contributed by atoms with van der Waals surface area (Å²) >= 11 is 11.7. The Labute approximate surface area is 111 Å². The zero-order valence-corrected chi connectivity index (χ0v) is 11.4. The molecule has 0 fully saturated rings. The van der Waals surface area contributed by atoms with Gasteiger partial charge in [-0.2, -0.15) is 0 Å². The van der Waals surface area contributed by atoms with Crippen LogP contribution in [-0.4, -0.2) is 18.5 Å². The number of benzene rings is 1. The predicted molar refractivity (Wildman–Crippen MR) is 71.4 cm³/mol. The van der Waals surface area contributed by atoms with Gasteiger partial charge >= 0.3 is 0 Å². The topological polar surface area (TPSA) is 41.1 Å². The van der Waals surface area contributed by atoms with Crippen LogP contribution in [0.2, 0.25) is 10.0 Å². The third kappa shape index (κ3) is 4.54. The Morgan fingerprint density at radius 1 is 1.35 bits per heavy atom.